The molecule has 0 saturated carbocycles. The average molecular weight is 206 g/mol. The smallest absolute Gasteiger partial charge is 0.0913 e. The maximum absolute atomic E-state index is 5.76. The Kier molecular flexibility index (Phi) is 2.89. The Balaban J connectivity index is 2.59. The zero-order valence-electron chi connectivity index (χ0n) is 6.01. The van der Waals surface area contributed by atoms with Gasteiger partial charge in [0, 0.05) is 13.2 Å². The first kappa shape index (κ1) is 8.24. The third-order valence-corrected chi connectivity index (χ3v) is 2.42. The summed E-state index contributed by atoms with van der Waals surface area (Å²) in [5.74, 6) is 0. The van der Waals surface area contributed by atoms with Gasteiger partial charge in [0.25, 0.3) is 0 Å². The van der Waals surface area contributed by atoms with Crippen LogP contribution in [0, 0.1) is 0 Å². The number of hydrogen-bond acceptors (Lipinski definition) is 2. The Labute approximate surface area is 69.6 Å². The minimum Gasteiger partial charge on any atom is -0.376 e. The summed E-state index contributed by atoms with van der Waals surface area (Å²) in [6, 6.07) is 0.172. The lowest BCUT2D eigenvalue weighted by molar-refractivity contribution is 0.111. The minimum atomic E-state index is 0.100. The molecule has 0 bridgehead atoms. The Morgan fingerprint density at radius 1 is 1.80 bits per heavy atom. The number of nitrogens with two attached hydrogens (primary N) is 1. The third-order valence-electron chi connectivity index (χ3n) is 1.76. The predicted molar refractivity (Wildman–Crippen MR) is 45.0 cm³/mol. The Bertz CT molecular complexity index is 147. The van der Waals surface area contributed by atoms with Crippen LogP contribution in [-0.2, 0) is 4.74 Å². The van der Waals surface area contributed by atoms with Gasteiger partial charge >= 0.3 is 0 Å². The van der Waals surface area contributed by atoms with E-state index in [9.17, 15) is 0 Å². The maximum atomic E-state index is 5.76. The second-order valence-corrected chi connectivity index (χ2v) is 3.53. The molecule has 2 atom stereocenters. The standard InChI is InChI=1S/C7H12BrNO/c1-10-7-4-5(8)2-3-6(7)9/h4,6-7H,2-3,9H2,1H3. The monoisotopic (exact) mass is 205 g/mol. The average Bonchev–Trinajstić information content (AvgIpc) is 1.94. The minimum absolute atomic E-state index is 0.100. The summed E-state index contributed by atoms with van der Waals surface area (Å²) in [6.07, 6.45) is 4.19. The van der Waals surface area contributed by atoms with E-state index < -0.39 is 0 Å². The molecule has 0 aromatic rings. The van der Waals surface area contributed by atoms with E-state index in [1.807, 2.05) is 6.08 Å². The molecule has 2 unspecified atom stereocenters. The number of hydrogen-bond donors (Lipinski definition) is 1. The first-order chi connectivity index (χ1) is 4.74. The number of halogens is 1. The van der Waals surface area contributed by atoms with Crippen molar-refractivity contribution in [3.05, 3.63) is 10.6 Å². The molecule has 0 amide bonds. The van der Waals surface area contributed by atoms with Gasteiger partial charge in [-0.15, -0.1) is 0 Å². The maximum Gasteiger partial charge on any atom is 0.0913 e. The molecule has 3 heteroatoms. The number of ether oxygens (including phenoxy) is 1. The van der Waals surface area contributed by atoms with E-state index in [0.717, 1.165) is 12.8 Å². The van der Waals surface area contributed by atoms with Gasteiger partial charge in [-0.1, -0.05) is 15.9 Å². The van der Waals surface area contributed by atoms with Crippen molar-refractivity contribution in [2.45, 2.75) is 25.0 Å². The Morgan fingerprint density at radius 2 is 2.50 bits per heavy atom. The first-order valence-electron chi connectivity index (χ1n) is 3.38. The third kappa shape index (κ3) is 1.81. The Hall–Kier alpha value is 0.140. The van der Waals surface area contributed by atoms with Crippen LogP contribution >= 0.6 is 15.9 Å². The van der Waals surface area contributed by atoms with Gasteiger partial charge in [0.1, 0.15) is 0 Å². The van der Waals surface area contributed by atoms with Crippen LogP contribution in [0.15, 0.2) is 10.6 Å². The lowest BCUT2D eigenvalue weighted by atomic mass is 10.0. The molecule has 0 aliphatic heterocycles. The molecular formula is C7H12BrNO. The molecule has 0 aromatic carbocycles. The molecule has 10 heavy (non-hydrogen) atoms. The van der Waals surface area contributed by atoms with E-state index in [0.29, 0.717) is 0 Å². The van der Waals surface area contributed by atoms with Gasteiger partial charge < -0.3 is 10.5 Å². The molecule has 0 saturated heterocycles. The summed E-state index contributed by atoms with van der Waals surface area (Å²) in [5.41, 5.74) is 5.76. The van der Waals surface area contributed by atoms with E-state index in [1.165, 1.54) is 4.48 Å². The lowest BCUT2D eigenvalue weighted by Crippen LogP contribution is -2.36. The van der Waals surface area contributed by atoms with Gasteiger partial charge in [-0.2, -0.15) is 0 Å². The molecule has 58 valence electrons. The zero-order chi connectivity index (χ0) is 7.56. The molecule has 2 N–H and O–H groups in total. The van der Waals surface area contributed by atoms with Crippen LogP contribution in [0.25, 0.3) is 0 Å². The number of rotatable bonds is 1. The largest absolute Gasteiger partial charge is 0.376 e. The summed E-state index contributed by atoms with van der Waals surface area (Å²) >= 11 is 3.42. The summed E-state index contributed by atoms with van der Waals surface area (Å²) in [4.78, 5) is 0. The van der Waals surface area contributed by atoms with Gasteiger partial charge in [0.2, 0.25) is 0 Å². The SMILES string of the molecule is COC1C=C(Br)CCC1N. The fraction of sp³-hybridized carbons (Fsp3) is 0.714. The van der Waals surface area contributed by atoms with Gasteiger partial charge in [-0.25, -0.2) is 0 Å². The molecule has 0 fully saturated rings. The lowest BCUT2D eigenvalue weighted by Gasteiger charge is -2.23. The molecule has 0 aromatic heterocycles. The van der Waals surface area contributed by atoms with Crippen molar-refractivity contribution in [1.29, 1.82) is 0 Å². The molecule has 1 aliphatic rings. The van der Waals surface area contributed by atoms with E-state index in [4.69, 9.17) is 10.5 Å². The predicted octanol–water partition coefficient (Wildman–Crippen LogP) is 1.40. The van der Waals surface area contributed by atoms with Crippen LogP contribution in [0.2, 0.25) is 0 Å². The van der Waals surface area contributed by atoms with Crippen molar-refractivity contribution in [3.8, 4) is 0 Å². The van der Waals surface area contributed by atoms with Crippen molar-refractivity contribution in [2.24, 2.45) is 5.73 Å². The van der Waals surface area contributed by atoms with Gasteiger partial charge in [-0.3, -0.25) is 0 Å². The normalized spacial score (nSPS) is 33.7. The van der Waals surface area contributed by atoms with Crippen LogP contribution in [-0.4, -0.2) is 19.3 Å². The van der Waals surface area contributed by atoms with Gasteiger partial charge in [0.15, 0.2) is 0 Å². The second kappa shape index (κ2) is 3.51. The molecule has 1 aliphatic carbocycles. The van der Waals surface area contributed by atoms with Crippen molar-refractivity contribution in [3.63, 3.8) is 0 Å². The molecular weight excluding hydrogens is 194 g/mol. The summed E-state index contributed by atoms with van der Waals surface area (Å²) in [7, 11) is 1.69. The fourth-order valence-electron chi connectivity index (χ4n) is 1.10. The highest BCUT2D eigenvalue weighted by Crippen LogP contribution is 2.22. The highest BCUT2D eigenvalue weighted by atomic mass is 79.9. The second-order valence-electron chi connectivity index (χ2n) is 2.52. The number of methoxy groups -OCH3 is 1. The summed E-state index contributed by atoms with van der Waals surface area (Å²) in [6.45, 7) is 0. The fourth-order valence-corrected chi connectivity index (χ4v) is 1.59. The molecule has 1 rings (SSSR count). The topological polar surface area (TPSA) is 35.2 Å². The summed E-state index contributed by atoms with van der Waals surface area (Å²) in [5, 5.41) is 0. The quantitative estimate of drug-likeness (QED) is 0.703. The van der Waals surface area contributed by atoms with Gasteiger partial charge in [-0.05, 0) is 23.4 Å². The van der Waals surface area contributed by atoms with Crippen LogP contribution in [0.3, 0.4) is 0 Å². The van der Waals surface area contributed by atoms with E-state index in [-0.39, 0.29) is 12.1 Å². The molecule has 0 spiro atoms. The zero-order valence-corrected chi connectivity index (χ0v) is 7.60. The van der Waals surface area contributed by atoms with E-state index in [2.05, 4.69) is 15.9 Å². The first-order valence-corrected chi connectivity index (χ1v) is 4.18. The van der Waals surface area contributed by atoms with Crippen LogP contribution in [0.4, 0.5) is 0 Å². The van der Waals surface area contributed by atoms with Crippen LogP contribution < -0.4 is 5.73 Å². The van der Waals surface area contributed by atoms with Crippen molar-refractivity contribution >= 4 is 15.9 Å². The molecule has 0 heterocycles. The van der Waals surface area contributed by atoms with Crippen molar-refractivity contribution in [1.82, 2.24) is 0 Å². The van der Waals surface area contributed by atoms with Gasteiger partial charge in [0.05, 0.1) is 6.10 Å². The Morgan fingerprint density at radius 3 is 3.00 bits per heavy atom. The van der Waals surface area contributed by atoms with Crippen molar-refractivity contribution < 1.29 is 4.74 Å². The summed E-state index contributed by atoms with van der Waals surface area (Å²) < 4.78 is 6.35. The number of allylic oxidation sites excluding steroid dienone is 1. The van der Waals surface area contributed by atoms with Crippen LogP contribution in [0.1, 0.15) is 12.8 Å². The van der Waals surface area contributed by atoms with Crippen molar-refractivity contribution in [2.75, 3.05) is 7.11 Å². The molecule has 0 radical (unpaired) electrons. The highest BCUT2D eigenvalue weighted by Gasteiger charge is 2.19. The highest BCUT2D eigenvalue weighted by molar-refractivity contribution is 9.11. The van der Waals surface area contributed by atoms with Crippen LogP contribution in [0.5, 0.6) is 0 Å². The molecule has 2 nitrogen and oxygen atoms in total. The van der Waals surface area contributed by atoms with E-state index >= 15 is 0 Å². The van der Waals surface area contributed by atoms with E-state index in [1.54, 1.807) is 7.11 Å².